The van der Waals surface area contributed by atoms with E-state index in [1.54, 1.807) is 24.3 Å². The van der Waals surface area contributed by atoms with Crippen molar-refractivity contribution in [2.45, 2.75) is 5.16 Å². The number of anilines is 1. The fraction of sp³-hybridized carbons (Fsp3) is 0.0714. The minimum absolute atomic E-state index is 0.0565. The molecule has 0 aliphatic rings. The first kappa shape index (κ1) is 16.3. The topological polar surface area (TPSA) is 85.6 Å². The zero-order valence-electron chi connectivity index (χ0n) is 12.1. The average molecular weight is 365 g/mol. The molecule has 1 amide bonds. The lowest BCUT2D eigenvalue weighted by Crippen LogP contribution is -2.15. The maximum Gasteiger partial charge on any atom is 0.234 e. The maximum atomic E-state index is 13.3. The van der Waals surface area contributed by atoms with Crippen LogP contribution < -0.4 is 5.32 Å². The number of hydrogen-bond donors (Lipinski definition) is 1. The standard InChI is InChI=1S/C14H10ClFN6OS/c15-13-11(5-2-6-17-13)18-12(23)8-24-14-19-20-21-22(14)10-4-1-3-9(16)7-10/h1-7H,8H2,(H,18,23). The summed E-state index contributed by atoms with van der Waals surface area (Å²) in [4.78, 5) is 15.9. The number of aromatic nitrogens is 5. The lowest BCUT2D eigenvalue weighted by atomic mass is 10.3. The normalized spacial score (nSPS) is 10.6. The van der Waals surface area contributed by atoms with E-state index >= 15 is 0 Å². The minimum atomic E-state index is -0.400. The number of pyridine rings is 1. The van der Waals surface area contributed by atoms with E-state index in [9.17, 15) is 9.18 Å². The molecule has 0 saturated heterocycles. The third-order valence-corrected chi connectivity index (χ3v) is 4.08. The summed E-state index contributed by atoms with van der Waals surface area (Å²) in [6.45, 7) is 0. The van der Waals surface area contributed by atoms with Gasteiger partial charge in [0.25, 0.3) is 0 Å². The first-order chi connectivity index (χ1) is 11.6. The van der Waals surface area contributed by atoms with Crippen molar-refractivity contribution in [2.75, 3.05) is 11.1 Å². The van der Waals surface area contributed by atoms with E-state index < -0.39 is 5.82 Å². The molecular weight excluding hydrogens is 355 g/mol. The van der Waals surface area contributed by atoms with Gasteiger partial charge in [-0.2, -0.15) is 4.68 Å². The molecular formula is C14H10ClFN6OS. The average Bonchev–Trinajstić information content (AvgIpc) is 3.04. The Morgan fingerprint density at radius 3 is 3.00 bits per heavy atom. The molecule has 3 aromatic rings. The summed E-state index contributed by atoms with van der Waals surface area (Å²) in [6.07, 6.45) is 1.53. The van der Waals surface area contributed by atoms with Crippen LogP contribution >= 0.6 is 23.4 Å². The zero-order valence-corrected chi connectivity index (χ0v) is 13.6. The molecule has 0 spiro atoms. The summed E-state index contributed by atoms with van der Waals surface area (Å²) in [5.41, 5.74) is 0.896. The van der Waals surface area contributed by atoms with E-state index in [0.29, 0.717) is 16.5 Å². The number of carbonyl (C=O) groups excluding carboxylic acids is 1. The van der Waals surface area contributed by atoms with Gasteiger partial charge in [-0.05, 0) is 40.8 Å². The molecule has 10 heteroatoms. The van der Waals surface area contributed by atoms with Gasteiger partial charge in [0.1, 0.15) is 5.82 Å². The predicted molar refractivity (Wildman–Crippen MR) is 87.7 cm³/mol. The van der Waals surface area contributed by atoms with Gasteiger partial charge in [0.05, 0.1) is 17.1 Å². The van der Waals surface area contributed by atoms with Crippen LogP contribution in [0.1, 0.15) is 0 Å². The molecule has 7 nitrogen and oxygen atoms in total. The van der Waals surface area contributed by atoms with Crippen LogP contribution in [0, 0.1) is 5.82 Å². The Hall–Kier alpha value is -2.52. The number of hydrogen-bond acceptors (Lipinski definition) is 6. The van der Waals surface area contributed by atoms with Crippen molar-refractivity contribution in [3.8, 4) is 5.69 Å². The Bertz CT molecular complexity index is 874. The van der Waals surface area contributed by atoms with E-state index in [-0.39, 0.29) is 16.8 Å². The van der Waals surface area contributed by atoms with Crippen molar-refractivity contribution in [2.24, 2.45) is 0 Å². The van der Waals surface area contributed by atoms with Gasteiger partial charge in [0, 0.05) is 6.20 Å². The number of benzene rings is 1. The van der Waals surface area contributed by atoms with Crippen molar-refractivity contribution in [1.29, 1.82) is 0 Å². The minimum Gasteiger partial charge on any atom is -0.323 e. The van der Waals surface area contributed by atoms with Crippen molar-refractivity contribution >= 4 is 35.0 Å². The van der Waals surface area contributed by atoms with E-state index in [2.05, 4.69) is 25.8 Å². The smallest absolute Gasteiger partial charge is 0.234 e. The quantitative estimate of drug-likeness (QED) is 0.553. The fourth-order valence-corrected chi connectivity index (χ4v) is 2.69. The number of thioether (sulfide) groups is 1. The molecule has 0 atom stereocenters. The highest BCUT2D eigenvalue weighted by Crippen LogP contribution is 2.21. The molecule has 2 heterocycles. The second kappa shape index (κ2) is 7.37. The fourth-order valence-electron chi connectivity index (χ4n) is 1.83. The number of amides is 1. The van der Waals surface area contributed by atoms with Crippen molar-refractivity contribution in [1.82, 2.24) is 25.2 Å². The second-order valence-electron chi connectivity index (χ2n) is 4.53. The molecule has 0 bridgehead atoms. The van der Waals surface area contributed by atoms with Gasteiger partial charge in [0.15, 0.2) is 5.15 Å². The summed E-state index contributed by atoms with van der Waals surface area (Å²) in [5.74, 6) is -0.632. The maximum absolute atomic E-state index is 13.3. The third-order valence-electron chi connectivity index (χ3n) is 2.86. The highest BCUT2D eigenvalue weighted by Gasteiger charge is 2.13. The Kier molecular flexibility index (Phi) is 5.02. The lowest BCUT2D eigenvalue weighted by molar-refractivity contribution is -0.113. The van der Waals surface area contributed by atoms with Crippen LogP contribution in [0.25, 0.3) is 5.69 Å². The summed E-state index contributed by atoms with van der Waals surface area (Å²) in [7, 11) is 0. The molecule has 0 aliphatic carbocycles. The molecule has 0 aliphatic heterocycles. The van der Waals surface area contributed by atoms with Crippen LogP contribution in [0.5, 0.6) is 0 Å². The Balaban J connectivity index is 1.67. The van der Waals surface area contributed by atoms with Gasteiger partial charge < -0.3 is 5.32 Å². The molecule has 2 aromatic heterocycles. The number of halogens is 2. The van der Waals surface area contributed by atoms with Crippen LogP contribution in [0.15, 0.2) is 47.8 Å². The van der Waals surface area contributed by atoms with Crippen molar-refractivity contribution < 1.29 is 9.18 Å². The third kappa shape index (κ3) is 3.87. The number of carbonyl (C=O) groups is 1. The Morgan fingerprint density at radius 2 is 2.21 bits per heavy atom. The molecule has 0 saturated carbocycles. The van der Waals surface area contributed by atoms with Gasteiger partial charge in [-0.1, -0.05) is 29.4 Å². The molecule has 122 valence electrons. The molecule has 1 N–H and O–H groups in total. The molecule has 24 heavy (non-hydrogen) atoms. The monoisotopic (exact) mass is 364 g/mol. The van der Waals surface area contributed by atoms with Gasteiger partial charge in [-0.25, -0.2) is 9.37 Å². The Morgan fingerprint density at radius 1 is 1.33 bits per heavy atom. The lowest BCUT2D eigenvalue weighted by Gasteiger charge is -2.06. The highest BCUT2D eigenvalue weighted by molar-refractivity contribution is 7.99. The van der Waals surface area contributed by atoms with Crippen LogP contribution in [-0.4, -0.2) is 36.9 Å². The zero-order chi connectivity index (χ0) is 16.9. The summed E-state index contributed by atoms with van der Waals surface area (Å²) in [6, 6.07) is 9.16. The molecule has 0 radical (unpaired) electrons. The first-order valence-electron chi connectivity index (χ1n) is 6.71. The molecule has 0 unspecified atom stereocenters. The summed E-state index contributed by atoms with van der Waals surface area (Å²) in [5, 5.41) is 14.4. The predicted octanol–water partition coefficient (Wildman–Crippen LogP) is 2.58. The summed E-state index contributed by atoms with van der Waals surface area (Å²) >= 11 is 7.00. The number of rotatable bonds is 5. The van der Waals surface area contributed by atoms with Crippen LogP contribution in [0.3, 0.4) is 0 Å². The van der Waals surface area contributed by atoms with Crippen molar-refractivity contribution in [3.05, 3.63) is 53.6 Å². The van der Waals surface area contributed by atoms with Gasteiger partial charge in [0.2, 0.25) is 11.1 Å². The SMILES string of the molecule is O=C(CSc1nnnn1-c1cccc(F)c1)Nc1cccnc1Cl. The largest absolute Gasteiger partial charge is 0.323 e. The van der Waals surface area contributed by atoms with Crippen LogP contribution in [-0.2, 0) is 4.79 Å². The Labute approximate surface area is 145 Å². The van der Waals surface area contributed by atoms with Crippen LogP contribution in [0.2, 0.25) is 5.15 Å². The first-order valence-corrected chi connectivity index (χ1v) is 8.07. The number of nitrogens with zero attached hydrogens (tertiary/aromatic N) is 5. The van der Waals surface area contributed by atoms with Crippen molar-refractivity contribution in [3.63, 3.8) is 0 Å². The second-order valence-corrected chi connectivity index (χ2v) is 5.83. The number of nitrogens with one attached hydrogen (secondary N) is 1. The van der Waals surface area contributed by atoms with Gasteiger partial charge in [-0.15, -0.1) is 5.10 Å². The van der Waals surface area contributed by atoms with E-state index in [0.717, 1.165) is 11.8 Å². The van der Waals surface area contributed by atoms with E-state index in [4.69, 9.17) is 11.6 Å². The number of tetrazole rings is 1. The van der Waals surface area contributed by atoms with Gasteiger partial charge >= 0.3 is 0 Å². The van der Waals surface area contributed by atoms with Gasteiger partial charge in [-0.3, -0.25) is 4.79 Å². The molecule has 3 rings (SSSR count). The highest BCUT2D eigenvalue weighted by atomic mass is 35.5. The molecule has 0 fully saturated rings. The summed E-state index contributed by atoms with van der Waals surface area (Å²) < 4.78 is 14.7. The van der Waals surface area contributed by atoms with E-state index in [1.807, 2.05) is 0 Å². The van der Waals surface area contributed by atoms with Crippen LogP contribution in [0.4, 0.5) is 10.1 Å². The van der Waals surface area contributed by atoms with E-state index in [1.165, 1.54) is 23.0 Å². The molecule has 1 aromatic carbocycles.